The highest BCUT2D eigenvalue weighted by molar-refractivity contribution is 5.95. The number of hydrogen-bond acceptors (Lipinski definition) is 4. The average molecular weight is 311 g/mol. The van der Waals surface area contributed by atoms with Crippen LogP contribution in [0.2, 0.25) is 0 Å². The molecule has 1 atom stereocenters. The van der Waals surface area contributed by atoms with Crippen LogP contribution in [0.3, 0.4) is 0 Å². The summed E-state index contributed by atoms with van der Waals surface area (Å²) >= 11 is 0. The smallest absolute Gasteiger partial charge is 0.243 e. The van der Waals surface area contributed by atoms with Crippen molar-refractivity contribution in [2.24, 2.45) is 0 Å². The number of hydrogen-bond donors (Lipinski definition) is 2. The molecule has 1 aliphatic heterocycles. The second-order valence-corrected chi connectivity index (χ2v) is 5.51. The molecular formula is C18H21N3O2. The molecular weight excluding hydrogens is 290 g/mol. The summed E-state index contributed by atoms with van der Waals surface area (Å²) in [6.45, 7) is 2.30. The number of nitrogens with one attached hydrogen (secondary N) is 2. The van der Waals surface area contributed by atoms with Crippen LogP contribution in [0.25, 0.3) is 0 Å². The summed E-state index contributed by atoms with van der Waals surface area (Å²) in [5.74, 6) is 0.830. The van der Waals surface area contributed by atoms with Crippen molar-refractivity contribution in [2.45, 2.75) is 6.04 Å². The average Bonchev–Trinajstić information content (AvgIpc) is 2.63. The third-order valence-corrected chi connectivity index (χ3v) is 3.97. The number of methoxy groups -OCH3 is 1. The fourth-order valence-electron chi connectivity index (χ4n) is 2.70. The maximum absolute atomic E-state index is 12.4. The number of para-hydroxylation sites is 1. The molecule has 5 nitrogen and oxygen atoms in total. The van der Waals surface area contributed by atoms with Gasteiger partial charge in [-0.15, -0.1) is 0 Å². The summed E-state index contributed by atoms with van der Waals surface area (Å²) < 4.78 is 5.19. The lowest BCUT2D eigenvalue weighted by atomic mass is 10.1. The molecule has 5 heteroatoms. The number of carbonyl (C=O) groups excluding carboxylic acids is 1. The standard InChI is InChI=1S/C18H21N3O2/c1-23-16-9-7-15(8-10-16)21-12-11-19-17(13-21)18(22)20-14-5-3-2-4-6-14/h2-10,17,19H,11-13H2,1H3,(H,20,22)/t17-/m0/s1. The number of benzene rings is 2. The predicted molar refractivity (Wildman–Crippen MR) is 92.1 cm³/mol. The molecule has 0 bridgehead atoms. The van der Waals surface area contributed by atoms with E-state index in [1.54, 1.807) is 7.11 Å². The molecule has 1 fully saturated rings. The topological polar surface area (TPSA) is 53.6 Å². The van der Waals surface area contributed by atoms with Crippen LogP contribution in [0.1, 0.15) is 0 Å². The highest BCUT2D eigenvalue weighted by atomic mass is 16.5. The Hall–Kier alpha value is -2.53. The van der Waals surface area contributed by atoms with Gasteiger partial charge in [-0.25, -0.2) is 0 Å². The molecule has 2 N–H and O–H groups in total. The van der Waals surface area contributed by atoms with Gasteiger partial charge in [0.1, 0.15) is 11.8 Å². The molecule has 1 aliphatic rings. The Bertz CT molecular complexity index is 643. The molecule has 120 valence electrons. The Balaban J connectivity index is 1.64. The van der Waals surface area contributed by atoms with Crippen molar-refractivity contribution >= 4 is 17.3 Å². The first-order chi connectivity index (χ1) is 11.3. The lowest BCUT2D eigenvalue weighted by Crippen LogP contribution is -2.55. The first kappa shape index (κ1) is 15.4. The second-order valence-electron chi connectivity index (χ2n) is 5.51. The van der Waals surface area contributed by atoms with E-state index in [9.17, 15) is 4.79 Å². The van der Waals surface area contributed by atoms with E-state index in [4.69, 9.17) is 4.74 Å². The number of amides is 1. The fourth-order valence-corrected chi connectivity index (χ4v) is 2.70. The molecule has 1 heterocycles. The van der Waals surface area contributed by atoms with Gasteiger partial charge in [0.05, 0.1) is 7.11 Å². The van der Waals surface area contributed by atoms with Gasteiger partial charge in [-0.2, -0.15) is 0 Å². The Morgan fingerprint density at radius 3 is 2.61 bits per heavy atom. The SMILES string of the molecule is COc1ccc(N2CCN[C@H](C(=O)Nc3ccccc3)C2)cc1. The van der Waals surface area contributed by atoms with Crippen molar-refractivity contribution in [1.29, 1.82) is 0 Å². The van der Waals surface area contributed by atoms with Gasteiger partial charge in [0.15, 0.2) is 0 Å². The fraction of sp³-hybridized carbons (Fsp3) is 0.278. The second kappa shape index (κ2) is 7.15. The van der Waals surface area contributed by atoms with Gasteiger partial charge in [0, 0.05) is 31.0 Å². The number of anilines is 2. The van der Waals surface area contributed by atoms with Crippen molar-refractivity contribution in [3.05, 3.63) is 54.6 Å². The maximum Gasteiger partial charge on any atom is 0.243 e. The highest BCUT2D eigenvalue weighted by Crippen LogP contribution is 2.20. The van der Waals surface area contributed by atoms with Crippen molar-refractivity contribution in [3.63, 3.8) is 0 Å². The number of nitrogens with zero attached hydrogens (tertiary/aromatic N) is 1. The lowest BCUT2D eigenvalue weighted by molar-refractivity contribution is -0.118. The van der Waals surface area contributed by atoms with Gasteiger partial charge in [-0.1, -0.05) is 18.2 Å². The lowest BCUT2D eigenvalue weighted by Gasteiger charge is -2.34. The molecule has 0 saturated carbocycles. The molecule has 0 radical (unpaired) electrons. The Morgan fingerprint density at radius 1 is 1.17 bits per heavy atom. The monoisotopic (exact) mass is 311 g/mol. The summed E-state index contributed by atoms with van der Waals surface area (Å²) in [4.78, 5) is 14.6. The van der Waals surface area contributed by atoms with Crippen molar-refractivity contribution in [1.82, 2.24) is 5.32 Å². The van der Waals surface area contributed by atoms with Crippen LogP contribution in [-0.2, 0) is 4.79 Å². The van der Waals surface area contributed by atoms with Crippen LogP contribution in [0.5, 0.6) is 5.75 Å². The van der Waals surface area contributed by atoms with E-state index in [2.05, 4.69) is 15.5 Å². The summed E-state index contributed by atoms with van der Waals surface area (Å²) in [7, 11) is 1.66. The molecule has 0 aromatic heterocycles. The molecule has 23 heavy (non-hydrogen) atoms. The Kier molecular flexibility index (Phi) is 4.78. The molecule has 0 aliphatic carbocycles. The van der Waals surface area contributed by atoms with E-state index >= 15 is 0 Å². The van der Waals surface area contributed by atoms with Crippen molar-refractivity contribution < 1.29 is 9.53 Å². The number of rotatable bonds is 4. The number of carbonyl (C=O) groups is 1. The first-order valence-corrected chi connectivity index (χ1v) is 7.74. The molecule has 0 unspecified atom stereocenters. The highest BCUT2D eigenvalue weighted by Gasteiger charge is 2.25. The van der Waals surface area contributed by atoms with Crippen LogP contribution in [0, 0.1) is 0 Å². The van der Waals surface area contributed by atoms with Gasteiger partial charge < -0.3 is 20.3 Å². The molecule has 2 aromatic rings. The molecule has 0 spiro atoms. The summed E-state index contributed by atoms with van der Waals surface area (Å²) in [6.07, 6.45) is 0. The Labute approximate surface area is 136 Å². The van der Waals surface area contributed by atoms with Crippen molar-refractivity contribution in [2.75, 3.05) is 37.0 Å². The van der Waals surface area contributed by atoms with Crippen LogP contribution in [0.15, 0.2) is 54.6 Å². The minimum absolute atomic E-state index is 0.00517. The van der Waals surface area contributed by atoms with E-state index < -0.39 is 0 Å². The number of ether oxygens (including phenoxy) is 1. The van der Waals surface area contributed by atoms with Gasteiger partial charge in [-0.3, -0.25) is 4.79 Å². The van der Waals surface area contributed by atoms with E-state index in [1.165, 1.54) is 0 Å². The van der Waals surface area contributed by atoms with Gasteiger partial charge in [0.25, 0.3) is 0 Å². The van der Waals surface area contributed by atoms with Crippen LogP contribution >= 0.6 is 0 Å². The van der Waals surface area contributed by atoms with Gasteiger partial charge in [0.2, 0.25) is 5.91 Å². The van der Waals surface area contributed by atoms with Crippen LogP contribution in [0.4, 0.5) is 11.4 Å². The summed E-state index contributed by atoms with van der Waals surface area (Å²) in [5, 5.41) is 6.24. The molecule has 3 rings (SSSR count). The van der Waals surface area contributed by atoms with E-state index in [0.29, 0.717) is 6.54 Å². The maximum atomic E-state index is 12.4. The Morgan fingerprint density at radius 2 is 1.91 bits per heavy atom. The number of piperazine rings is 1. The predicted octanol–water partition coefficient (Wildman–Crippen LogP) is 2.11. The minimum atomic E-state index is -0.231. The normalized spacial score (nSPS) is 17.6. The van der Waals surface area contributed by atoms with E-state index in [0.717, 1.165) is 30.2 Å². The molecule has 1 amide bonds. The zero-order chi connectivity index (χ0) is 16.1. The van der Waals surface area contributed by atoms with E-state index in [1.807, 2.05) is 54.6 Å². The van der Waals surface area contributed by atoms with Gasteiger partial charge in [-0.05, 0) is 36.4 Å². The minimum Gasteiger partial charge on any atom is -0.497 e. The third kappa shape index (κ3) is 3.81. The largest absolute Gasteiger partial charge is 0.497 e. The summed E-state index contributed by atoms with van der Waals surface area (Å²) in [6, 6.07) is 17.2. The third-order valence-electron chi connectivity index (χ3n) is 3.97. The van der Waals surface area contributed by atoms with Crippen molar-refractivity contribution in [3.8, 4) is 5.75 Å². The van der Waals surface area contributed by atoms with E-state index in [-0.39, 0.29) is 11.9 Å². The quantitative estimate of drug-likeness (QED) is 0.908. The van der Waals surface area contributed by atoms with Crippen LogP contribution in [-0.4, -0.2) is 38.7 Å². The van der Waals surface area contributed by atoms with Crippen LogP contribution < -0.4 is 20.3 Å². The molecule has 1 saturated heterocycles. The first-order valence-electron chi connectivity index (χ1n) is 7.74. The summed E-state index contributed by atoms with van der Waals surface area (Å²) in [5.41, 5.74) is 1.92. The van der Waals surface area contributed by atoms with Gasteiger partial charge >= 0.3 is 0 Å². The zero-order valence-corrected chi connectivity index (χ0v) is 13.2. The zero-order valence-electron chi connectivity index (χ0n) is 13.2. The molecule has 2 aromatic carbocycles.